The van der Waals surface area contributed by atoms with Gasteiger partial charge in [-0.2, -0.15) is 0 Å². The number of benzene rings is 8. The number of fused-ring (bicyclic) bond motifs is 3. The third kappa shape index (κ3) is 18.2. The Morgan fingerprint density at radius 1 is 0.391 bits per heavy atom. The van der Waals surface area contributed by atoms with E-state index in [-0.39, 0.29) is 78.3 Å². The van der Waals surface area contributed by atoms with Gasteiger partial charge >= 0.3 is 23.1 Å². The molecule has 92 heavy (non-hydrogen) atoms. The van der Waals surface area contributed by atoms with Crippen LogP contribution in [0.2, 0.25) is 0 Å². The van der Waals surface area contributed by atoms with E-state index in [9.17, 15) is 4.79 Å². The summed E-state index contributed by atoms with van der Waals surface area (Å²) in [6.07, 6.45) is 3.54. The third-order valence-electron chi connectivity index (χ3n) is 16.8. The Bertz CT molecular complexity index is 3960. The number of carbonyl (C=O) groups excluding carboxylic acids is 1. The standard InChI is InChI=1S/C32H32BrN.C20H25Br.C20H25.C12H8BrNO.BrH.Mg/c1-30(2,3)21-13-15-25-26-16-14-22(31(4,5)6)20-28(26)32(27(25)19-21,29-12-7-8-17-34-29)23-10-9-11-24(33)18-23;1-19(2,3)15-9-7-14(8-10-15)17-12-11-16(13-18(17)21)20(4,5)6;1-19(2,3)17-11-7-15(8-12-17)16-9-13-18(14-10-16)20(4,5)6;13-10-5-3-4-9(8-10)12(15)11-6-1-2-7-14-11;;/h7-20H,1-6H3;7-13H,1-6H3;7-9,11-14H,1-6H3;1-8H;1H;/q;;-1;;;+2/p-1. The van der Waals surface area contributed by atoms with Crippen molar-refractivity contribution >= 4 is 76.6 Å². The van der Waals surface area contributed by atoms with Crippen molar-refractivity contribution in [3.05, 3.63) is 305 Å². The summed E-state index contributed by atoms with van der Waals surface area (Å²) < 4.78 is 3.14. The average molecular weight is 1490 g/mol. The van der Waals surface area contributed by atoms with E-state index in [0.29, 0.717) is 11.3 Å². The summed E-state index contributed by atoms with van der Waals surface area (Å²) in [6, 6.07) is 76.2. The van der Waals surface area contributed by atoms with Crippen LogP contribution in [-0.2, 0) is 37.9 Å². The predicted octanol–water partition coefficient (Wildman–Crippen LogP) is 21.0. The van der Waals surface area contributed by atoms with Crippen LogP contribution in [0.1, 0.15) is 196 Å². The molecule has 10 aromatic rings. The molecule has 0 unspecified atom stereocenters. The SMILES string of the molecule is CC(C)(C)c1c[c-]c(-c2ccc(C(C)(C)C)cc2)cc1.CC(C)(C)c1ccc(-c2ccc(C(C)(C)C)cc2Br)cc1.CC(C)(C)c1ccc2c(c1)C(c1cccc(Br)c1)(c1ccccn1)c1cc(C(C)(C)C)ccc1-2.O=C(c1cccc(Br)c1)c1ccccn1.[Br-].[Mg+2]. The zero-order valence-electron chi connectivity index (χ0n) is 57.3. The van der Waals surface area contributed by atoms with E-state index < -0.39 is 5.41 Å². The van der Waals surface area contributed by atoms with E-state index in [2.05, 4.69) is 341 Å². The molecule has 0 spiro atoms. The summed E-state index contributed by atoms with van der Waals surface area (Å²) >= 11 is 10.8. The summed E-state index contributed by atoms with van der Waals surface area (Å²) in [6.45, 7) is 40.6. The molecule has 8 aromatic carbocycles. The summed E-state index contributed by atoms with van der Waals surface area (Å²) in [5.74, 6) is -0.0584. The number of nitrogens with zero attached hydrogens (tertiary/aromatic N) is 2. The smallest absolute Gasteiger partial charge is 1.00 e. The van der Waals surface area contributed by atoms with Gasteiger partial charge in [-0.15, -0.1) is 35.4 Å². The summed E-state index contributed by atoms with van der Waals surface area (Å²) in [4.78, 5) is 20.9. The third-order valence-corrected chi connectivity index (χ3v) is 18.4. The maximum atomic E-state index is 11.9. The van der Waals surface area contributed by atoms with Gasteiger partial charge in [-0.3, -0.25) is 14.8 Å². The molecule has 0 atom stereocenters. The molecule has 2 aromatic heterocycles. The van der Waals surface area contributed by atoms with Gasteiger partial charge in [-0.25, -0.2) is 0 Å². The van der Waals surface area contributed by atoms with Gasteiger partial charge in [0, 0.05) is 31.4 Å². The van der Waals surface area contributed by atoms with E-state index in [1.54, 1.807) is 36.5 Å². The van der Waals surface area contributed by atoms with Crippen molar-refractivity contribution < 1.29 is 21.8 Å². The Morgan fingerprint density at radius 2 is 0.815 bits per heavy atom. The topological polar surface area (TPSA) is 42.9 Å². The van der Waals surface area contributed by atoms with Crippen molar-refractivity contribution in [2.24, 2.45) is 0 Å². The minimum absolute atomic E-state index is 0. The van der Waals surface area contributed by atoms with E-state index in [4.69, 9.17) is 4.98 Å². The minimum Gasteiger partial charge on any atom is -1.00 e. The van der Waals surface area contributed by atoms with Crippen LogP contribution in [-0.4, -0.2) is 38.8 Å². The first-order chi connectivity index (χ1) is 42.1. The first-order valence-electron chi connectivity index (χ1n) is 31.3. The number of ketones is 1. The van der Waals surface area contributed by atoms with Gasteiger partial charge in [0.05, 0.1) is 11.1 Å². The van der Waals surface area contributed by atoms with E-state index in [1.807, 2.05) is 24.4 Å². The van der Waals surface area contributed by atoms with Crippen LogP contribution in [0.15, 0.2) is 232 Å². The second-order valence-electron chi connectivity index (χ2n) is 29.9. The Balaban J connectivity index is 0.000000203. The van der Waals surface area contributed by atoms with Gasteiger partial charge in [-0.1, -0.05) is 311 Å². The summed E-state index contributed by atoms with van der Waals surface area (Å²) in [5.41, 5.74) is 22.0. The Morgan fingerprint density at radius 3 is 1.23 bits per heavy atom. The van der Waals surface area contributed by atoms with Crippen molar-refractivity contribution in [2.45, 2.75) is 163 Å². The van der Waals surface area contributed by atoms with Gasteiger partial charge in [-0.05, 0) is 154 Å². The summed E-state index contributed by atoms with van der Waals surface area (Å²) in [7, 11) is 0. The van der Waals surface area contributed by atoms with Gasteiger partial charge in [0.25, 0.3) is 0 Å². The molecule has 1 aliphatic rings. The number of pyridine rings is 2. The van der Waals surface area contributed by atoms with Gasteiger partial charge in [0.1, 0.15) is 5.69 Å². The number of hydrogen-bond donors (Lipinski definition) is 0. The van der Waals surface area contributed by atoms with Crippen LogP contribution in [0.3, 0.4) is 0 Å². The van der Waals surface area contributed by atoms with Crippen molar-refractivity contribution in [2.75, 3.05) is 0 Å². The maximum Gasteiger partial charge on any atom is 2.00 e. The van der Waals surface area contributed by atoms with Crippen molar-refractivity contribution in [1.82, 2.24) is 9.97 Å². The molecule has 0 bridgehead atoms. The monoisotopic (exact) mass is 1480 g/mol. The zero-order valence-corrected chi connectivity index (χ0v) is 65.1. The molecule has 0 N–H and O–H groups in total. The van der Waals surface area contributed by atoms with Crippen LogP contribution in [0.25, 0.3) is 33.4 Å². The molecule has 11 rings (SSSR count). The van der Waals surface area contributed by atoms with Gasteiger partial charge in [0.15, 0.2) is 0 Å². The fourth-order valence-electron chi connectivity index (χ4n) is 11.2. The van der Waals surface area contributed by atoms with Crippen LogP contribution in [0.5, 0.6) is 0 Å². The molecular formula is C84H90Br4MgN2O. The molecule has 1 aliphatic carbocycles. The zero-order chi connectivity index (χ0) is 65.8. The largest absolute Gasteiger partial charge is 2.00 e. The number of carbonyl (C=O) groups is 1. The number of halogens is 4. The van der Waals surface area contributed by atoms with Crippen molar-refractivity contribution in [3.8, 4) is 33.4 Å². The van der Waals surface area contributed by atoms with Crippen molar-refractivity contribution in [3.63, 3.8) is 0 Å². The number of rotatable bonds is 6. The molecule has 0 saturated heterocycles. The van der Waals surface area contributed by atoms with Gasteiger partial charge < -0.3 is 17.0 Å². The molecule has 2 heterocycles. The van der Waals surface area contributed by atoms with E-state index in [1.165, 1.54) is 87.9 Å². The first kappa shape index (κ1) is 75.4. The molecule has 0 radical (unpaired) electrons. The molecule has 0 amide bonds. The first-order valence-corrected chi connectivity index (χ1v) is 33.7. The maximum absolute atomic E-state index is 11.9. The molecular weight excluding hydrogens is 1400 g/mol. The second kappa shape index (κ2) is 30.4. The Kier molecular flexibility index (Phi) is 25.0. The molecule has 0 aliphatic heterocycles. The quantitative estimate of drug-likeness (QED) is 0.0947. The van der Waals surface area contributed by atoms with Crippen LogP contribution in [0, 0.1) is 6.07 Å². The number of aromatic nitrogens is 2. The van der Waals surface area contributed by atoms with Crippen LogP contribution < -0.4 is 17.0 Å². The molecule has 0 fully saturated rings. The molecule has 472 valence electrons. The Hall–Kier alpha value is -5.58. The second-order valence-corrected chi connectivity index (χ2v) is 32.6. The average Bonchev–Trinajstić information content (AvgIpc) is 1.52. The fraction of sp³-hybridized carbons (Fsp3) is 0.298. The van der Waals surface area contributed by atoms with Crippen LogP contribution in [0.4, 0.5) is 0 Å². The van der Waals surface area contributed by atoms with E-state index >= 15 is 0 Å². The van der Waals surface area contributed by atoms with Crippen molar-refractivity contribution in [1.29, 1.82) is 0 Å². The molecule has 3 nitrogen and oxygen atoms in total. The van der Waals surface area contributed by atoms with E-state index in [0.717, 1.165) is 14.6 Å². The van der Waals surface area contributed by atoms with Crippen LogP contribution >= 0.6 is 47.8 Å². The van der Waals surface area contributed by atoms with Gasteiger partial charge in [0.2, 0.25) is 5.78 Å². The predicted molar refractivity (Wildman–Crippen MR) is 399 cm³/mol. The minimum atomic E-state index is -0.488. The molecule has 8 heteroatoms. The normalized spacial score (nSPS) is 12.6. The summed E-state index contributed by atoms with van der Waals surface area (Å²) in [5, 5.41) is 0. The Labute approximate surface area is 603 Å². The number of hydrogen-bond acceptors (Lipinski definition) is 3. The fourth-order valence-corrected chi connectivity index (χ4v) is 12.6. The molecule has 0 saturated carbocycles.